The average molecular weight is 440 g/mol. The van der Waals surface area contributed by atoms with E-state index in [-0.39, 0.29) is 11.8 Å². The Kier molecular flexibility index (Phi) is 9.49. The molecule has 0 saturated carbocycles. The van der Waals surface area contributed by atoms with Crippen LogP contribution in [0.25, 0.3) is 0 Å². The molecule has 158 valence electrons. The molecule has 5 atom stereocenters. The predicted molar refractivity (Wildman–Crippen MR) is 99.1 cm³/mol. The quantitative estimate of drug-likeness (QED) is 0.247. The molecule has 1 fully saturated rings. The van der Waals surface area contributed by atoms with Gasteiger partial charge in [-0.15, -0.1) is 0 Å². The number of halogens is 1. The van der Waals surface area contributed by atoms with Gasteiger partial charge < -0.3 is 30.0 Å². The summed E-state index contributed by atoms with van der Waals surface area (Å²) in [5.41, 5.74) is 4.69. The molecule has 0 bridgehead atoms. The minimum absolute atomic E-state index is 0.0826. The zero-order valence-corrected chi connectivity index (χ0v) is 17.2. The molecule has 0 aromatic carbocycles. The Morgan fingerprint density at radius 3 is 2.11 bits per heavy atom. The second-order valence-corrected chi connectivity index (χ2v) is 7.05. The Morgan fingerprint density at radius 2 is 1.64 bits per heavy atom. The average Bonchev–Trinajstić information content (AvgIpc) is 2.57. The number of ether oxygens (including phenoxy) is 4. The van der Waals surface area contributed by atoms with Crippen LogP contribution >= 0.6 is 23.5 Å². The van der Waals surface area contributed by atoms with Gasteiger partial charge in [0.15, 0.2) is 17.4 Å². The van der Waals surface area contributed by atoms with E-state index in [1.165, 1.54) is 13.8 Å². The third-order valence-electron chi connectivity index (χ3n) is 3.39. The summed E-state index contributed by atoms with van der Waals surface area (Å²) in [4.78, 5) is 46.1. The maximum Gasteiger partial charge on any atom is 0.303 e. The Hall–Kier alpha value is -2.05. The van der Waals surface area contributed by atoms with Crippen molar-refractivity contribution in [3.8, 4) is 0 Å². The number of hydrogen-bond donors (Lipinski definition) is 2. The van der Waals surface area contributed by atoms with E-state index in [1.54, 1.807) is 0 Å². The number of carbonyl (C=O) groups excluding carboxylic acids is 4. The van der Waals surface area contributed by atoms with E-state index < -0.39 is 53.6 Å². The molecule has 1 aliphatic rings. The number of nitrogens with zero attached hydrogens (tertiary/aromatic N) is 1. The molecule has 0 aliphatic carbocycles. The second kappa shape index (κ2) is 11.1. The standard InChI is InChI=1S/C15H22ClN3O8S/c1-6(20)18-11-13(26-9(4)23)12(25-8(3)22)10(5-24-7(2)21)27-14(11)28-15(17)19-16/h10-14H,5H2,1-4H3,(H2,17,19)(H,18,20). The molecular weight excluding hydrogens is 418 g/mol. The van der Waals surface area contributed by atoms with Crippen molar-refractivity contribution in [1.29, 1.82) is 0 Å². The van der Waals surface area contributed by atoms with Crippen LogP contribution in [-0.2, 0) is 38.1 Å². The third kappa shape index (κ3) is 7.52. The number of hydrogen-bond acceptors (Lipinski definition) is 10. The van der Waals surface area contributed by atoms with E-state index in [4.69, 9.17) is 36.5 Å². The van der Waals surface area contributed by atoms with Gasteiger partial charge in [-0.05, 0) is 0 Å². The van der Waals surface area contributed by atoms with Crippen LogP contribution in [0.4, 0.5) is 0 Å². The molecule has 1 aliphatic heterocycles. The monoisotopic (exact) mass is 439 g/mol. The zero-order valence-electron chi connectivity index (χ0n) is 15.7. The smallest absolute Gasteiger partial charge is 0.303 e. The number of carbonyl (C=O) groups is 4. The van der Waals surface area contributed by atoms with Gasteiger partial charge in [0.05, 0.1) is 0 Å². The number of nitrogens with two attached hydrogens (primary N) is 1. The summed E-state index contributed by atoms with van der Waals surface area (Å²) in [6, 6.07) is -0.971. The third-order valence-corrected chi connectivity index (χ3v) is 4.64. The van der Waals surface area contributed by atoms with Crippen molar-refractivity contribution in [1.82, 2.24) is 5.32 Å². The molecule has 5 unspecified atom stereocenters. The fourth-order valence-corrected chi connectivity index (χ4v) is 3.50. The lowest BCUT2D eigenvalue weighted by atomic mass is 9.97. The van der Waals surface area contributed by atoms with E-state index in [0.29, 0.717) is 0 Å². The number of amidine groups is 1. The SMILES string of the molecule is CC(=O)NC1C(SC(N)=NCl)OC(COC(C)=O)C(OC(C)=O)C1OC(C)=O. The number of nitrogens with one attached hydrogen (secondary N) is 1. The molecule has 1 rings (SSSR count). The summed E-state index contributed by atoms with van der Waals surface area (Å²) >= 11 is 6.20. The van der Waals surface area contributed by atoms with E-state index in [2.05, 4.69) is 9.83 Å². The van der Waals surface area contributed by atoms with Crippen molar-refractivity contribution in [2.24, 2.45) is 10.2 Å². The van der Waals surface area contributed by atoms with Gasteiger partial charge in [0.1, 0.15) is 24.2 Å². The van der Waals surface area contributed by atoms with E-state index >= 15 is 0 Å². The first-order valence-corrected chi connectivity index (χ1v) is 9.28. The van der Waals surface area contributed by atoms with Crippen LogP contribution in [-0.4, -0.2) is 65.4 Å². The molecule has 0 aromatic rings. The molecule has 0 aromatic heterocycles. The van der Waals surface area contributed by atoms with Crippen LogP contribution in [0.2, 0.25) is 0 Å². The van der Waals surface area contributed by atoms with E-state index in [9.17, 15) is 19.2 Å². The van der Waals surface area contributed by atoms with Crippen LogP contribution in [0.3, 0.4) is 0 Å². The lowest BCUT2D eigenvalue weighted by molar-refractivity contribution is -0.211. The van der Waals surface area contributed by atoms with Crippen LogP contribution in [0.1, 0.15) is 27.7 Å². The first-order valence-electron chi connectivity index (χ1n) is 8.06. The van der Waals surface area contributed by atoms with Gasteiger partial charge in [-0.1, -0.05) is 11.8 Å². The Balaban J connectivity index is 3.32. The maximum atomic E-state index is 11.7. The van der Waals surface area contributed by atoms with Crippen LogP contribution in [0.5, 0.6) is 0 Å². The molecular formula is C15H22ClN3O8S. The van der Waals surface area contributed by atoms with Crippen molar-refractivity contribution in [3.63, 3.8) is 0 Å². The second-order valence-electron chi connectivity index (χ2n) is 5.76. The minimum Gasteiger partial charge on any atom is -0.463 e. The van der Waals surface area contributed by atoms with Crippen LogP contribution < -0.4 is 11.1 Å². The fraction of sp³-hybridized carbons (Fsp3) is 0.667. The number of amides is 1. The first kappa shape index (κ1) is 24.0. The Labute approximate surface area is 170 Å². The summed E-state index contributed by atoms with van der Waals surface area (Å²) in [5.74, 6) is -2.43. The Bertz CT molecular complexity index is 647. The normalized spacial score (nSPS) is 27.5. The van der Waals surface area contributed by atoms with Crippen molar-refractivity contribution in [3.05, 3.63) is 0 Å². The largest absolute Gasteiger partial charge is 0.463 e. The van der Waals surface area contributed by atoms with Gasteiger partial charge in [0.25, 0.3) is 0 Å². The number of esters is 3. The van der Waals surface area contributed by atoms with Crippen molar-refractivity contribution < 1.29 is 38.1 Å². The summed E-state index contributed by atoms with van der Waals surface area (Å²) in [5, 5.41) is 2.51. The van der Waals surface area contributed by atoms with Crippen molar-refractivity contribution in [2.45, 2.75) is 57.5 Å². The summed E-state index contributed by atoms with van der Waals surface area (Å²) in [6.45, 7) is 4.45. The minimum atomic E-state index is -1.16. The predicted octanol–water partition coefficient (Wildman–Crippen LogP) is -0.156. The molecule has 28 heavy (non-hydrogen) atoms. The van der Waals surface area contributed by atoms with Gasteiger partial charge in [0.2, 0.25) is 5.91 Å². The van der Waals surface area contributed by atoms with Gasteiger partial charge >= 0.3 is 17.9 Å². The summed E-state index contributed by atoms with van der Waals surface area (Å²) in [7, 11) is 0. The molecule has 11 nitrogen and oxygen atoms in total. The highest BCUT2D eigenvalue weighted by Crippen LogP contribution is 2.32. The van der Waals surface area contributed by atoms with E-state index in [0.717, 1.165) is 25.6 Å². The summed E-state index contributed by atoms with van der Waals surface area (Å²) in [6.07, 6.45) is -3.33. The van der Waals surface area contributed by atoms with Crippen molar-refractivity contribution in [2.75, 3.05) is 6.61 Å². The molecule has 3 N–H and O–H groups in total. The first-order chi connectivity index (χ1) is 13.0. The lowest BCUT2D eigenvalue weighted by Gasteiger charge is -2.44. The highest BCUT2D eigenvalue weighted by molar-refractivity contribution is 8.14. The maximum absolute atomic E-state index is 11.7. The van der Waals surface area contributed by atoms with Gasteiger partial charge in [-0.2, -0.15) is 4.51 Å². The molecule has 1 saturated heterocycles. The highest BCUT2D eigenvalue weighted by atomic mass is 35.5. The molecule has 1 amide bonds. The number of thioether (sulfide) groups is 1. The zero-order chi connectivity index (χ0) is 21.4. The summed E-state index contributed by atoms with van der Waals surface area (Å²) < 4.78 is 24.7. The molecule has 0 radical (unpaired) electrons. The van der Waals surface area contributed by atoms with Gasteiger partial charge in [-0.3, -0.25) is 19.2 Å². The van der Waals surface area contributed by atoms with Crippen LogP contribution in [0, 0.1) is 0 Å². The van der Waals surface area contributed by atoms with Crippen molar-refractivity contribution >= 4 is 52.5 Å². The van der Waals surface area contributed by atoms with E-state index in [1.807, 2.05) is 0 Å². The van der Waals surface area contributed by atoms with Gasteiger partial charge in [0, 0.05) is 39.5 Å². The topological polar surface area (TPSA) is 156 Å². The number of rotatable bonds is 6. The molecule has 13 heteroatoms. The molecule has 0 spiro atoms. The lowest BCUT2D eigenvalue weighted by Crippen LogP contribution is -2.65. The Morgan fingerprint density at radius 1 is 1.07 bits per heavy atom. The van der Waals surface area contributed by atoms with Gasteiger partial charge in [-0.25, -0.2) is 0 Å². The molecule has 1 heterocycles. The van der Waals surface area contributed by atoms with Crippen LogP contribution in [0.15, 0.2) is 4.51 Å². The highest BCUT2D eigenvalue weighted by Gasteiger charge is 2.51. The fourth-order valence-electron chi connectivity index (χ4n) is 2.53.